The van der Waals surface area contributed by atoms with Gasteiger partial charge in [0.25, 0.3) is 0 Å². The number of fused-ring (bicyclic) bond motifs is 3. The number of nitriles is 1. The molecule has 0 aromatic heterocycles. The Bertz CT molecular complexity index is 3380. The third-order valence-electron chi connectivity index (χ3n) is 12.0. The molecule has 0 saturated carbocycles. The van der Waals surface area contributed by atoms with E-state index in [0.29, 0.717) is 5.56 Å². The van der Waals surface area contributed by atoms with Crippen LogP contribution >= 0.6 is 0 Å². The Morgan fingerprint density at radius 1 is 0.359 bits per heavy atom. The van der Waals surface area contributed by atoms with Crippen LogP contribution in [0.3, 0.4) is 0 Å². The fourth-order valence-corrected chi connectivity index (χ4v) is 8.63. The van der Waals surface area contributed by atoms with Gasteiger partial charge in [0.2, 0.25) is 0 Å². The predicted octanol–water partition coefficient (Wildman–Crippen LogP) is 16.9. The van der Waals surface area contributed by atoms with E-state index in [4.69, 9.17) is 0 Å². The summed E-state index contributed by atoms with van der Waals surface area (Å²) in [5.41, 5.74) is 13.9. The molecule has 0 unspecified atom stereocenters. The molecule has 10 rings (SSSR count). The Kier molecular flexibility index (Phi) is 10.8. The Balaban J connectivity index is 0.884. The van der Waals surface area contributed by atoms with E-state index < -0.39 is 0 Å². The summed E-state index contributed by atoms with van der Waals surface area (Å²) in [4.78, 5) is 4.65. The van der Waals surface area contributed by atoms with Gasteiger partial charge in [-0.15, -0.1) is 0 Å². The summed E-state index contributed by atoms with van der Waals surface area (Å²) in [5, 5.41) is 17.2. The van der Waals surface area contributed by atoms with Crippen LogP contribution in [0.4, 0.5) is 34.1 Å². The Morgan fingerprint density at radius 2 is 0.781 bits per heavy atom. The summed E-state index contributed by atoms with van der Waals surface area (Å²) < 4.78 is 0. The molecule has 0 bridgehead atoms. The molecule has 0 spiro atoms. The highest BCUT2D eigenvalue weighted by molar-refractivity contribution is 6.00. The minimum atomic E-state index is 0.669. The standard InChI is InChI=1S/C61H45N3/c1-43-17-32-52(33-18-43)63(60-15-7-11-48-9-3-5-13-57(48)60)54-36-24-45(25-37-54)21-22-47-28-40-56-51(41-47)31-30-50(59(56)42-62)29-23-46-26-38-55(39-27-46)64(53-34-19-44(2)20-35-53)61-16-8-12-49-10-4-6-14-58(49)61/h3-41H,1-2H3. The molecule has 3 nitrogen and oxygen atoms in total. The van der Waals surface area contributed by atoms with Crippen molar-refractivity contribution in [1.29, 1.82) is 5.26 Å². The van der Waals surface area contributed by atoms with Gasteiger partial charge >= 0.3 is 0 Å². The number of aryl methyl sites for hydroxylation is 2. The van der Waals surface area contributed by atoms with Crippen molar-refractivity contribution in [2.75, 3.05) is 9.80 Å². The van der Waals surface area contributed by atoms with Crippen LogP contribution in [0.5, 0.6) is 0 Å². The molecule has 304 valence electrons. The van der Waals surface area contributed by atoms with Gasteiger partial charge in [-0.3, -0.25) is 0 Å². The molecule has 0 aliphatic heterocycles. The number of nitrogens with zero attached hydrogens (tertiary/aromatic N) is 3. The van der Waals surface area contributed by atoms with Crippen LogP contribution in [0.1, 0.15) is 38.9 Å². The van der Waals surface area contributed by atoms with E-state index >= 15 is 0 Å². The van der Waals surface area contributed by atoms with Crippen molar-refractivity contribution >= 4 is 90.7 Å². The molecule has 0 atom stereocenters. The summed E-state index contributed by atoms with van der Waals surface area (Å²) in [6.07, 6.45) is 8.42. The maximum Gasteiger partial charge on any atom is 0.100 e. The van der Waals surface area contributed by atoms with Gasteiger partial charge in [0.1, 0.15) is 6.07 Å². The van der Waals surface area contributed by atoms with Crippen molar-refractivity contribution in [3.8, 4) is 6.07 Å². The van der Waals surface area contributed by atoms with E-state index in [1.807, 2.05) is 12.1 Å². The van der Waals surface area contributed by atoms with Crippen LogP contribution in [0, 0.1) is 25.2 Å². The summed E-state index contributed by atoms with van der Waals surface area (Å²) in [7, 11) is 0. The zero-order valence-electron chi connectivity index (χ0n) is 35.9. The molecule has 0 heterocycles. The van der Waals surface area contributed by atoms with Gasteiger partial charge in [-0.05, 0) is 119 Å². The number of anilines is 6. The Hall–Kier alpha value is -8.45. The minimum absolute atomic E-state index is 0.669. The first-order valence-electron chi connectivity index (χ1n) is 21.7. The number of hydrogen-bond acceptors (Lipinski definition) is 3. The molecule has 10 aromatic rings. The highest BCUT2D eigenvalue weighted by Crippen LogP contribution is 2.41. The second-order valence-corrected chi connectivity index (χ2v) is 16.3. The molecule has 64 heavy (non-hydrogen) atoms. The molecule has 0 amide bonds. The zero-order chi connectivity index (χ0) is 43.4. The molecule has 0 fully saturated rings. The van der Waals surface area contributed by atoms with Crippen molar-refractivity contribution < 1.29 is 0 Å². The first kappa shape index (κ1) is 39.7. The largest absolute Gasteiger partial charge is 0.310 e. The fourth-order valence-electron chi connectivity index (χ4n) is 8.63. The third kappa shape index (κ3) is 8.05. The van der Waals surface area contributed by atoms with Crippen molar-refractivity contribution in [3.05, 3.63) is 251 Å². The van der Waals surface area contributed by atoms with E-state index in [9.17, 15) is 5.26 Å². The lowest BCUT2D eigenvalue weighted by Crippen LogP contribution is -2.10. The normalized spacial score (nSPS) is 11.5. The van der Waals surface area contributed by atoms with Gasteiger partial charge in [-0.1, -0.05) is 181 Å². The van der Waals surface area contributed by atoms with E-state index in [1.165, 1.54) is 32.7 Å². The Labute approximate surface area is 375 Å². The SMILES string of the molecule is Cc1ccc(N(c2ccc(C=Cc3ccc4c(C#N)c(C=Cc5ccc(N(c6ccc(C)cc6)c6cccc7ccccc67)cc5)ccc4c3)cc2)c2cccc3ccccc23)cc1. The lowest BCUT2D eigenvalue weighted by atomic mass is 9.97. The average Bonchev–Trinajstić information content (AvgIpc) is 3.34. The number of rotatable bonds is 10. The topological polar surface area (TPSA) is 30.3 Å². The molecule has 0 aliphatic carbocycles. The van der Waals surface area contributed by atoms with Crippen molar-refractivity contribution in [2.45, 2.75) is 13.8 Å². The predicted molar refractivity (Wildman–Crippen MR) is 273 cm³/mol. The summed E-state index contributed by atoms with van der Waals surface area (Å²) in [5.74, 6) is 0. The minimum Gasteiger partial charge on any atom is -0.310 e. The molecule has 0 aliphatic rings. The Morgan fingerprint density at radius 3 is 1.28 bits per heavy atom. The zero-order valence-corrected chi connectivity index (χ0v) is 35.9. The van der Waals surface area contributed by atoms with Crippen LogP contribution < -0.4 is 9.80 Å². The van der Waals surface area contributed by atoms with Gasteiger partial charge in [0.05, 0.1) is 16.9 Å². The highest BCUT2D eigenvalue weighted by Gasteiger charge is 2.17. The summed E-state index contributed by atoms with van der Waals surface area (Å²) in [6.45, 7) is 4.24. The molecular formula is C61H45N3. The molecule has 3 heteroatoms. The van der Waals surface area contributed by atoms with Crippen LogP contribution in [0.2, 0.25) is 0 Å². The molecule has 0 saturated heterocycles. The summed E-state index contributed by atoms with van der Waals surface area (Å²) in [6, 6.07) is 77.8. The molecule has 10 aromatic carbocycles. The van der Waals surface area contributed by atoms with Gasteiger partial charge in [0, 0.05) is 38.9 Å². The second kappa shape index (κ2) is 17.5. The van der Waals surface area contributed by atoms with Crippen LogP contribution in [-0.2, 0) is 0 Å². The van der Waals surface area contributed by atoms with Gasteiger partial charge in [-0.25, -0.2) is 0 Å². The maximum atomic E-state index is 10.4. The first-order valence-corrected chi connectivity index (χ1v) is 21.7. The van der Waals surface area contributed by atoms with Gasteiger partial charge in [0.15, 0.2) is 0 Å². The molecular weight excluding hydrogens is 775 g/mol. The molecule has 0 N–H and O–H groups in total. The van der Waals surface area contributed by atoms with E-state index in [-0.39, 0.29) is 0 Å². The van der Waals surface area contributed by atoms with Gasteiger partial charge < -0.3 is 9.80 Å². The maximum absolute atomic E-state index is 10.4. The van der Waals surface area contributed by atoms with Crippen LogP contribution in [-0.4, -0.2) is 0 Å². The monoisotopic (exact) mass is 819 g/mol. The fraction of sp³-hybridized carbons (Fsp3) is 0.0328. The van der Waals surface area contributed by atoms with E-state index in [0.717, 1.165) is 67.2 Å². The summed E-state index contributed by atoms with van der Waals surface area (Å²) >= 11 is 0. The lowest BCUT2D eigenvalue weighted by molar-refractivity contribution is 1.29. The number of hydrogen-bond donors (Lipinski definition) is 0. The molecule has 0 radical (unpaired) electrons. The van der Waals surface area contributed by atoms with Crippen LogP contribution in [0.25, 0.3) is 56.6 Å². The van der Waals surface area contributed by atoms with Crippen molar-refractivity contribution in [1.82, 2.24) is 0 Å². The van der Waals surface area contributed by atoms with E-state index in [2.05, 4.69) is 254 Å². The smallest absolute Gasteiger partial charge is 0.100 e. The first-order chi connectivity index (χ1) is 31.5. The number of benzene rings is 10. The van der Waals surface area contributed by atoms with Crippen LogP contribution in [0.15, 0.2) is 212 Å². The van der Waals surface area contributed by atoms with E-state index in [1.54, 1.807) is 0 Å². The average molecular weight is 820 g/mol. The third-order valence-corrected chi connectivity index (χ3v) is 12.0. The second-order valence-electron chi connectivity index (χ2n) is 16.3. The van der Waals surface area contributed by atoms with Crippen molar-refractivity contribution in [2.24, 2.45) is 0 Å². The quantitative estimate of drug-likeness (QED) is 0.129. The lowest BCUT2D eigenvalue weighted by Gasteiger charge is -2.27. The highest BCUT2D eigenvalue weighted by atomic mass is 15.1. The van der Waals surface area contributed by atoms with Crippen molar-refractivity contribution in [3.63, 3.8) is 0 Å². The van der Waals surface area contributed by atoms with Gasteiger partial charge in [-0.2, -0.15) is 5.26 Å².